The van der Waals surface area contributed by atoms with Crippen molar-refractivity contribution < 1.29 is 4.79 Å². The second-order valence-electron chi connectivity index (χ2n) is 3.19. The van der Waals surface area contributed by atoms with Crippen molar-refractivity contribution in [2.75, 3.05) is 27.2 Å². The maximum absolute atomic E-state index is 11.9. The van der Waals surface area contributed by atoms with E-state index in [0.29, 0.717) is 17.1 Å². The van der Waals surface area contributed by atoms with Crippen molar-refractivity contribution >= 4 is 42.3 Å². The van der Waals surface area contributed by atoms with Crippen molar-refractivity contribution in [3.05, 3.63) is 29.0 Å². The predicted molar refractivity (Wildman–Crippen MR) is 74.6 cm³/mol. The molecule has 0 atom stereocenters. The molecule has 1 rings (SSSR count). The van der Waals surface area contributed by atoms with Gasteiger partial charge in [-0.3, -0.25) is 9.78 Å². The first-order valence-electron chi connectivity index (χ1n) is 4.66. The molecule has 0 aliphatic rings. The van der Waals surface area contributed by atoms with E-state index in [1.54, 1.807) is 24.2 Å². The van der Waals surface area contributed by atoms with E-state index in [2.05, 4.69) is 10.3 Å². The minimum atomic E-state index is -0.0855. The van der Waals surface area contributed by atoms with Crippen molar-refractivity contribution in [2.45, 2.75) is 0 Å². The monoisotopic (exact) mass is 299 g/mol. The number of carbonyl (C=O) groups excluding carboxylic acids is 1. The summed E-state index contributed by atoms with van der Waals surface area (Å²) in [5, 5.41) is 3.37. The molecule has 98 valence electrons. The zero-order chi connectivity index (χ0) is 11.3. The quantitative estimate of drug-likeness (QED) is 0.923. The number of amides is 1. The van der Waals surface area contributed by atoms with Crippen LogP contribution in [0, 0.1) is 0 Å². The van der Waals surface area contributed by atoms with Crippen LogP contribution in [0.4, 0.5) is 0 Å². The Hall–Kier alpha value is -0.550. The largest absolute Gasteiger partial charge is 0.340 e. The molecular weight excluding hydrogens is 284 g/mol. The van der Waals surface area contributed by atoms with Gasteiger partial charge in [0.1, 0.15) is 0 Å². The van der Waals surface area contributed by atoms with Gasteiger partial charge in [-0.15, -0.1) is 24.8 Å². The summed E-state index contributed by atoms with van der Waals surface area (Å²) in [4.78, 5) is 17.3. The van der Waals surface area contributed by atoms with Crippen LogP contribution in [0.1, 0.15) is 10.4 Å². The number of likely N-dealkylation sites (N-methyl/N-ethyl adjacent to an activating group) is 2. The number of nitrogens with zero attached hydrogens (tertiary/aromatic N) is 2. The fourth-order valence-corrected chi connectivity index (χ4v) is 1.34. The SMILES string of the molecule is CNCCN(C)C(=O)c1ccncc1Cl.Cl.Cl. The molecule has 0 bridgehead atoms. The zero-order valence-corrected chi connectivity index (χ0v) is 12.0. The van der Waals surface area contributed by atoms with E-state index in [9.17, 15) is 4.79 Å². The molecule has 1 heterocycles. The van der Waals surface area contributed by atoms with Gasteiger partial charge < -0.3 is 10.2 Å². The Morgan fingerprint density at radius 2 is 2.18 bits per heavy atom. The van der Waals surface area contributed by atoms with Gasteiger partial charge in [-0.25, -0.2) is 0 Å². The molecule has 0 aliphatic carbocycles. The van der Waals surface area contributed by atoms with Crippen molar-refractivity contribution in [3.8, 4) is 0 Å². The number of hydrogen-bond donors (Lipinski definition) is 1. The number of rotatable bonds is 4. The van der Waals surface area contributed by atoms with E-state index in [1.807, 2.05) is 7.05 Å². The molecule has 17 heavy (non-hydrogen) atoms. The Kier molecular flexibility index (Phi) is 10.5. The smallest absolute Gasteiger partial charge is 0.255 e. The van der Waals surface area contributed by atoms with Gasteiger partial charge in [0.2, 0.25) is 0 Å². The van der Waals surface area contributed by atoms with E-state index in [0.717, 1.165) is 6.54 Å². The molecule has 4 nitrogen and oxygen atoms in total. The van der Waals surface area contributed by atoms with Crippen LogP contribution in [0.3, 0.4) is 0 Å². The predicted octanol–water partition coefficient (Wildman–Crippen LogP) is 1.87. The Bertz CT molecular complexity index is 349. The third-order valence-corrected chi connectivity index (χ3v) is 2.35. The summed E-state index contributed by atoms with van der Waals surface area (Å²) >= 11 is 5.87. The first-order chi connectivity index (χ1) is 7.16. The topological polar surface area (TPSA) is 45.2 Å². The Balaban J connectivity index is 0. The van der Waals surface area contributed by atoms with Gasteiger partial charge in [0.05, 0.1) is 10.6 Å². The summed E-state index contributed by atoms with van der Waals surface area (Å²) in [6.45, 7) is 1.40. The second-order valence-corrected chi connectivity index (χ2v) is 3.59. The van der Waals surface area contributed by atoms with Crippen LogP contribution in [0.15, 0.2) is 18.5 Å². The Morgan fingerprint density at radius 1 is 1.53 bits per heavy atom. The van der Waals surface area contributed by atoms with Crippen LogP contribution in [-0.4, -0.2) is 43.0 Å². The molecule has 0 saturated heterocycles. The number of carbonyl (C=O) groups is 1. The van der Waals surface area contributed by atoms with Gasteiger partial charge in [0, 0.05) is 32.5 Å². The van der Waals surface area contributed by atoms with Gasteiger partial charge in [-0.2, -0.15) is 0 Å². The molecule has 1 N–H and O–H groups in total. The summed E-state index contributed by atoms with van der Waals surface area (Å²) in [5.74, 6) is -0.0855. The maximum Gasteiger partial charge on any atom is 0.255 e. The first kappa shape index (κ1) is 18.8. The summed E-state index contributed by atoms with van der Waals surface area (Å²) in [5.41, 5.74) is 0.491. The van der Waals surface area contributed by atoms with Crippen LogP contribution in [-0.2, 0) is 0 Å². The third kappa shape index (κ3) is 5.55. The fraction of sp³-hybridized carbons (Fsp3) is 0.400. The minimum Gasteiger partial charge on any atom is -0.340 e. The standard InChI is InChI=1S/C10H14ClN3O.2ClH/c1-12-5-6-14(2)10(15)8-3-4-13-7-9(8)11;;/h3-4,7,12H,5-6H2,1-2H3;2*1H. The van der Waals surface area contributed by atoms with E-state index >= 15 is 0 Å². The van der Waals surface area contributed by atoms with Gasteiger partial charge in [-0.1, -0.05) is 11.6 Å². The summed E-state index contributed by atoms with van der Waals surface area (Å²) in [7, 11) is 3.59. The number of nitrogens with one attached hydrogen (secondary N) is 1. The highest BCUT2D eigenvalue weighted by Gasteiger charge is 2.13. The van der Waals surface area contributed by atoms with E-state index < -0.39 is 0 Å². The van der Waals surface area contributed by atoms with Gasteiger partial charge in [-0.05, 0) is 13.1 Å². The molecule has 0 aromatic carbocycles. The van der Waals surface area contributed by atoms with Gasteiger partial charge in [0.15, 0.2) is 0 Å². The molecule has 1 aromatic rings. The molecule has 0 aliphatic heterocycles. The van der Waals surface area contributed by atoms with E-state index in [4.69, 9.17) is 11.6 Å². The highest BCUT2D eigenvalue weighted by molar-refractivity contribution is 6.33. The maximum atomic E-state index is 11.9. The zero-order valence-electron chi connectivity index (χ0n) is 9.64. The normalized spacial score (nSPS) is 8.88. The van der Waals surface area contributed by atoms with Crippen molar-refractivity contribution in [1.82, 2.24) is 15.2 Å². The Labute approximate surface area is 119 Å². The van der Waals surface area contributed by atoms with Gasteiger partial charge in [0.25, 0.3) is 5.91 Å². The molecule has 1 aromatic heterocycles. The lowest BCUT2D eigenvalue weighted by molar-refractivity contribution is 0.0797. The number of hydrogen-bond acceptors (Lipinski definition) is 3. The lowest BCUT2D eigenvalue weighted by atomic mass is 10.2. The molecule has 0 radical (unpaired) electrons. The lowest BCUT2D eigenvalue weighted by Crippen LogP contribution is -2.32. The van der Waals surface area contributed by atoms with Crippen molar-refractivity contribution in [1.29, 1.82) is 0 Å². The number of aromatic nitrogens is 1. The highest BCUT2D eigenvalue weighted by Crippen LogP contribution is 2.14. The molecule has 0 fully saturated rings. The molecule has 1 amide bonds. The van der Waals surface area contributed by atoms with Crippen LogP contribution < -0.4 is 5.32 Å². The Morgan fingerprint density at radius 3 is 2.71 bits per heavy atom. The molecule has 7 heteroatoms. The summed E-state index contributed by atoms with van der Waals surface area (Å²) in [6, 6.07) is 1.63. The van der Waals surface area contributed by atoms with Crippen molar-refractivity contribution in [3.63, 3.8) is 0 Å². The molecular formula is C10H16Cl3N3O. The highest BCUT2D eigenvalue weighted by atomic mass is 35.5. The fourth-order valence-electron chi connectivity index (χ4n) is 1.14. The lowest BCUT2D eigenvalue weighted by Gasteiger charge is -2.17. The molecule has 0 saturated carbocycles. The summed E-state index contributed by atoms with van der Waals surface area (Å²) < 4.78 is 0. The van der Waals surface area contributed by atoms with Crippen LogP contribution in [0.25, 0.3) is 0 Å². The minimum absolute atomic E-state index is 0. The third-order valence-electron chi connectivity index (χ3n) is 2.05. The van der Waals surface area contributed by atoms with Gasteiger partial charge >= 0.3 is 0 Å². The van der Waals surface area contributed by atoms with Crippen LogP contribution in [0.5, 0.6) is 0 Å². The second kappa shape index (κ2) is 9.48. The number of pyridine rings is 1. The average Bonchev–Trinajstić information content (AvgIpc) is 2.25. The average molecular weight is 301 g/mol. The van der Waals surface area contributed by atoms with Crippen LogP contribution >= 0.6 is 36.4 Å². The first-order valence-corrected chi connectivity index (χ1v) is 5.04. The number of halogens is 3. The molecule has 0 unspecified atom stereocenters. The van der Waals surface area contributed by atoms with Crippen molar-refractivity contribution in [2.24, 2.45) is 0 Å². The molecule has 0 spiro atoms. The summed E-state index contributed by atoms with van der Waals surface area (Å²) in [6.07, 6.45) is 3.03. The van der Waals surface area contributed by atoms with E-state index in [-0.39, 0.29) is 30.7 Å². The van der Waals surface area contributed by atoms with E-state index in [1.165, 1.54) is 6.20 Å². The van der Waals surface area contributed by atoms with Crippen LogP contribution in [0.2, 0.25) is 5.02 Å².